The average Bonchev–Trinajstić information content (AvgIpc) is 2.99. The number of fused-ring (bicyclic) bond motifs is 1. The van der Waals surface area contributed by atoms with Crippen LogP contribution in [0, 0.1) is 0 Å². The highest BCUT2D eigenvalue weighted by molar-refractivity contribution is 5.97. The van der Waals surface area contributed by atoms with Crippen molar-refractivity contribution in [2.24, 2.45) is 0 Å². The molecule has 0 atom stereocenters. The summed E-state index contributed by atoms with van der Waals surface area (Å²) in [5.41, 5.74) is 1.33. The lowest BCUT2D eigenvalue weighted by Crippen LogP contribution is -2.42. The number of ether oxygens (including phenoxy) is 1. The van der Waals surface area contributed by atoms with Gasteiger partial charge in [0.1, 0.15) is 5.69 Å². The SMILES string of the molecule is CCCNC(=O)c1nc(C(=O)N2CCOCC2)n2c1CCCC2. The van der Waals surface area contributed by atoms with Crippen LogP contribution < -0.4 is 5.32 Å². The van der Waals surface area contributed by atoms with E-state index < -0.39 is 0 Å². The number of nitrogens with one attached hydrogen (secondary N) is 1. The molecule has 0 bridgehead atoms. The van der Waals surface area contributed by atoms with E-state index in [4.69, 9.17) is 4.74 Å². The second-order valence-electron chi connectivity index (χ2n) is 6.00. The molecule has 0 saturated carbocycles. The molecule has 0 aliphatic carbocycles. The van der Waals surface area contributed by atoms with E-state index in [0.717, 1.165) is 37.9 Å². The molecule has 0 aromatic carbocycles. The molecule has 2 aliphatic rings. The molecule has 0 spiro atoms. The molecular formula is C16H24N4O3. The maximum absolute atomic E-state index is 12.8. The molecule has 1 N–H and O–H groups in total. The quantitative estimate of drug-likeness (QED) is 0.891. The van der Waals surface area contributed by atoms with Crippen LogP contribution in [0.25, 0.3) is 0 Å². The van der Waals surface area contributed by atoms with Gasteiger partial charge >= 0.3 is 0 Å². The number of carbonyl (C=O) groups excluding carboxylic acids is 2. The maximum Gasteiger partial charge on any atom is 0.290 e. The Bertz CT molecular complexity index is 590. The van der Waals surface area contributed by atoms with Gasteiger partial charge in [0, 0.05) is 26.2 Å². The molecule has 126 valence electrons. The fraction of sp³-hybridized carbons (Fsp3) is 0.688. The van der Waals surface area contributed by atoms with Gasteiger partial charge < -0.3 is 19.5 Å². The Balaban J connectivity index is 1.89. The number of nitrogens with zero attached hydrogens (tertiary/aromatic N) is 3. The molecule has 0 radical (unpaired) electrons. The first-order valence-corrected chi connectivity index (χ1v) is 8.47. The van der Waals surface area contributed by atoms with Gasteiger partial charge in [-0.25, -0.2) is 4.98 Å². The number of amides is 2. The van der Waals surface area contributed by atoms with Gasteiger partial charge in [-0.1, -0.05) is 6.92 Å². The van der Waals surface area contributed by atoms with Gasteiger partial charge in [-0.3, -0.25) is 9.59 Å². The third kappa shape index (κ3) is 3.24. The Kier molecular flexibility index (Phi) is 4.95. The Morgan fingerprint density at radius 3 is 2.74 bits per heavy atom. The van der Waals surface area contributed by atoms with Crippen LogP contribution in [0.2, 0.25) is 0 Å². The molecule has 7 heteroatoms. The number of rotatable bonds is 4. The Morgan fingerprint density at radius 1 is 1.22 bits per heavy atom. The van der Waals surface area contributed by atoms with Crippen molar-refractivity contribution in [2.75, 3.05) is 32.8 Å². The van der Waals surface area contributed by atoms with E-state index in [1.165, 1.54) is 0 Å². The van der Waals surface area contributed by atoms with E-state index in [-0.39, 0.29) is 11.8 Å². The molecule has 7 nitrogen and oxygen atoms in total. The maximum atomic E-state index is 12.8. The lowest BCUT2D eigenvalue weighted by atomic mass is 10.1. The number of morpholine rings is 1. The zero-order valence-corrected chi connectivity index (χ0v) is 13.6. The summed E-state index contributed by atoms with van der Waals surface area (Å²) in [5.74, 6) is 0.146. The smallest absolute Gasteiger partial charge is 0.290 e. The minimum absolute atomic E-state index is 0.0917. The minimum atomic E-state index is -0.168. The van der Waals surface area contributed by atoms with Gasteiger partial charge in [0.2, 0.25) is 0 Å². The molecule has 1 aromatic rings. The standard InChI is InChI=1S/C16H24N4O3/c1-2-6-17-15(21)13-12-5-3-4-7-20(12)14(18-13)16(22)19-8-10-23-11-9-19/h2-11H2,1H3,(H,17,21). The monoisotopic (exact) mass is 320 g/mol. The van der Waals surface area contributed by atoms with Crippen LogP contribution in [0.15, 0.2) is 0 Å². The van der Waals surface area contributed by atoms with E-state index in [1.54, 1.807) is 4.90 Å². The molecule has 3 rings (SSSR count). The normalized spacial score (nSPS) is 17.7. The molecule has 2 aliphatic heterocycles. The highest BCUT2D eigenvalue weighted by Gasteiger charge is 2.30. The van der Waals surface area contributed by atoms with Crippen molar-refractivity contribution in [2.45, 2.75) is 39.2 Å². The summed E-state index contributed by atoms with van der Waals surface area (Å²) >= 11 is 0. The molecule has 0 unspecified atom stereocenters. The van der Waals surface area contributed by atoms with Crippen molar-refractivity contribution < 1.29 is 14.3 Å². The van der Waals surface area contributed by atoms with Gasteiger partial charge in [0.05, 0.1) is 18.9 Å². The average molecular weight is 320 g/mol. The van der Waals surface area contributed by atoms with Crippen molar-refractivity contribution in [1.29, 1.82) is 0 Å². The summed E-state index contributed by atoms with van der Waals surface area (Å²) in [4.78, 5) is 31.3. The predicted octanol–water partition coefficient (Wildman–Crippen LogP) is 0.832. The zero-order valence-electron chi connectivity index (χ0n) is 13.6. The summed E-state index contributed by atoms with van der Waals surface area (Å²) in [6.45, 7) is 5.67. The first-order chi connectivity index (χ1) is 11.2. The fourth-order valence-electron chi connectivity index (χ4n) is 3.12. The van der Waals surface area contributed by atoms with Crippen LogP contribution in [0.4, 0.5) is 0 Å². The number of hydrogen-bond acceptors (Lipinski definition) is 4. The Labute approximate surface area is 136 Å². The summed E-state index contributed by atoms with van der Waals surface area (Å²) in [6.07, 6.45) is 3.73. The van der Waals surface area contributed by atoms with Crippen LogP contribution in [0.3, 0.4) is 0 Å². The zero-order chi connectivity index (χ0) is 16.2. The number of imidazole rings is 1. The fourth-order valence-corrected chi connectivity index (χ4v) is 3.12. The minimum Gasteiger partial charge on any atom is -0.378 e. The van der Waals surface area contributed by atoms with Crippen LogP contribution >= 0.6 is 0 Å². The summed E-state index contributed by atoms with van der Waals surface area (Å²) < 4.78 is 7.25. The molecular weight excluding hydrogens is 296 g/mol. The third-order valence-electron chi connectivity index (χ3n) is 4.36. The van der Waals surface area contributed by atoms with Crippen LogP contribution in [-0.4, -0.2) is 59.1 Å². The van der Waals surface area contributed by atoms with Gasteiger partial charge in [-0.15, -0.1) is 0 Å². The van der Waals surface area contributed by atoms with Gasteiger partial charge in [0.15, 0.2) is 5.82 Å². The van der Waals surface area contributed by atoms with E-state index in [2.05, 4.69) is 10.3 Å². The van der Waals surface area contributed by atoms with Crippen LogP contribution in [0.5, 0.6) is 0 Å². The number of aromatic nitrogens is 2. The highest BCUT2D eigenvalue weighted by Crippen LogP contribution is 2.22. The first kappa shape index (κ1) is 16.0. The Hall–Kier alpha value is -1.89. The second kappa shape index (κ2) is 7.12. The molecule has 23 heavy (non-hydrogen) atoms. The van der Waals surface area contributed by atoms with Crippen molar-refractivity contribution in [3.8, 4) is 0 Å². The summed E-state index contributed by atoms with van der Waals surface area (Å²) in [6, 6.07) is 0. The van der Waals surface area contributed by atoms with Crippen molar-refractivity contribution in [3.05, 3.63) is 17.2 Å². The molecule has 2 amide bonds. The molecule has 1 fully saturated rings. The summed E-state index contributed by atoms with van der Waals surface area (Å²) in [7, 11) is 0. The first-order valence-electron chi connectivity index (χ1n) is 8.47. The molecule has 3 heterocycles. The van der Waals surface area contributed by atoms with Gasteiger partial charge in [0.25, 0.3) is 11.8 Å². The van der Waals surface area contributed by atoms with Crippen molar-refractivity contribution in [1.82, 2.24) is 19.8 Å². The van der Waals surface area contributed by atoms with Crippen LogP contribution in [0.1, 0.15) is 53.0 Å². The number of hydrogen-bond donors (Lipinski definition) is 1. The van der Waals surface area contributed by atoms with Gasteiger partial charge in [-0.05, 0) is 25.7 Å². The second-order valence-corrected chi connectivity index (χ2v) is 6.00. The largest absolute Gasteiger partial charge is 0.378 e. The van der Waals surface area contributed by atoms with E-state index in [0.29, 0.717) is 44.4 Å². The third-order valence-corrected chi connectivity index (χ3v) is 4.36. The van der Waals surface area contributed by atoms with E-state index in [1.807, 2.05) is 11.5 Å². The lowest BCUT2D eigenvalue weighted by Gasteiger charge is -2.27. The van der Waals surface area contributed by atoms with Crippen molar-refractivity contribution >= 4 is 11.8 Å². The van der Waals surface area contributed by atoms with E-state index >= 15 is 0 Å². The van der Waals surface area contributed by atoms with Crippen molar-refractivity contribution in [3.63, 3.8) is 0 Å². The van der Waals surface area contributed by atoms with E-state index in [9.17, 15) is 9.59 Å². The van der Waals surface area contributed by atoms with Gasteiger partial charge in [-0.2, -0.15) is 0 Å². The Morgan fingerprint density at radius 2 is 2.00 bits per heavy atom. The molecule has 1 saturated heterocycles. The molecule has 1 aromatic heterocycles. The predicted molar refractivity (Wildman–Crippen MR) is 84.5 cm³/mol. The lowest BCUT2D eigenvalue weighted by molar-refractivity contribution is 0.0291. The highest BCUT2D eigenvalue weighted by atomic mass is 16.5. The van der Waals surface area contributed by atoms with Crippen LogP contribution in [-0.2, 0) is 17.7 Å². The topological polar surface area (TPSA) is 76.5 Å². The number of carbonyl (C=O) groups is 2. The summed E-state index contributed by atoms with van der Waals surface area (Å²) in [5, 5.41) is 2.87.